The Balaban J connectivity index is 1.98. The van der Waals surface area contributed by atoms with Crippen LogP contribution in [0, 0.1) is 0 Å². The molecule has 3 aromatic rings. The summed E-state index contributed by atoms with van der Waals surface area (Å²) < 4.78 is 1.17. The molecule has 0 unspecified atom stereocenters. The van der Waals surface area contributed by atoms with Crippen LogP contribution in [-0.4, -0.2) is 14.8 Å². The van der Waals surface area contributed by atoms with Gasteiger partial charge >= 0.3 is 0 Å². The van der Waals surface area contributed by atoms with Crippen LogP contribution in [0.5, 0.6) is 0 Å². The Kier molecular flexibility index (Phi) is 5.11. The summed E-state index contributed by atoms with van der Waals surface area (Å²) in [5, 5.41) is 5.38. The van der Waals surface area contributed by atoms with E-state index in [2.05, 4.69) is 10.1 Å². The summed E-state index contributed by atoms with van der Waals surface area (Å²) in [7, 11) is 0. The highest BCUT2D eigenvalue weighted by Gasteiger charge is 2.12. The highest BCUT2D eigenvalue weighted by atomic mass is 35.5. The van der Waals surface area contributed by atoms with Gasteiger partial charge in [0.05, 0.1) is 21.9 Å². The van der Waals surface area contributed by atoms with Crippen molar-refractivity contribution in [3.8, 4) is 5.69 Å². The standard InChI is InChI=1S/C16H9Cl4N3O/c17-12-3-2-11(6-13(12)18)23-16(24)15(20)10(8-22-23)5-9-1-4-14(19)21-7-9/h1-4,6-8H,5H2. The minimum Gasteiger partial charge on any atom is -0.266 e. The molecule has 0 fully saturated rings. The number of aromatic nitrogens is 3. The number of hydrogen-bond acceptors (Lipinski definition) is 3. The van der Waals surface area contributed by atoms with Gasteiger partial charge < -0.3 is 0 Å². The third-order valence-corrected chi connectivity index (χ3v) is 4.69. The van der Waals surface area contributed by atoms with E-state index in [9.17, 15) is 4.79 Å². The van der Waals surface area contributed by atoms with Gasteiger partial charge in [-0.15, -0.1) is 0 Å². The second kappa shape index (κ2) is 7.11. The van der Waals surface area contributed by atoms with Crippen LogP contribution in [0.1, 0.15) is 11.1 Å². The number of pyridine rings is 1. The van der Waals surface area contributed by atoms with E-state index in [0.29, 0.717) is 32.9 Å². The maximum absolute atomic E-state index is 12.5. The first-order valence-electron chi connectivity index (χ1n) is 6.78. The normalized spacial score (nSPS) is 10.8. The molecule has 0 N–H and O–H groups in total. The lowest BCUT2D eigenvalue weighted by Gasteiger charge is -2.09. The highest BCUT2D eigenvalue weighted by molar-refractivity contribution is 6.42. The predicted molar refractivity (Wildman–Crippen MR) is 96.9 cm³/mol. The fourth-order valence-corrected chi connectivity index (χ4v) is 2.72. The highest BCUT2D eigenvalue weighted by Crippen LogP contribution is 2.24. The van der Waals surface area contributed by atoms with Crippen LogP contribution in [0.2, 0.25) is 20.2 Å². The van der Waals surface area contributed by atoms with Gasteiger partial charge in [0, 0.05) is 18.2 Å². The molecule has 0 saturated heterocycles. The van der Waals surface area contributed by atoms with Gasteiger partial charge in [0.15, 0.2) is 0 Å². The quantitative estimate of drug-likeness (QED) is 0.591. The summed E-state index contributed by atoms with van der Waals surface area (Å²) in [4.78, 5) is 16.5. The monoisotopic (exact) mass is 399 g/mol. The number of halogens is 4. The zero-order valence-electron chi connectivity index (χ0n) is 12.0. The second-order valence-corrected chi connectivity index (χ2v) is 6.54. The van der Waals surface area contributed by atoms with Crippen LogP contribution >= 0.6 is 46.4 Å². The molecule has 2 heterocycles. The molecule has 0 radical (unpaired) electrons. The Morgan fingerprint density at radius 1 is 0.958 bits per heavy atom. The predicted octanol–water partition coefficient (Wildman–Crippen LogP) is 4.83. The van der Waals surface area contributed by atoms with Crippen molar-refractivity contribution in [2.24, 2.45) is 0 Å². The van der Waals surface area contributed by atoms with E-state index >= 15 is 0 Å². The molecule has 2 aromatic heterocycles. The van der Waals surface area contributed by atoms with E-state index in [-0.39, 0.29) is 5.02 Å². The van der Waals surface area contributed by atoms with Crippen LogP contribution < -0.4 is 5.56 Å². The Morgan fingerprint density at radius 3 is 2.42 bits per heavy atom. The molecular formula is C16H9Cl4N3O. The SMILES string of the molecule is O=c1c(Cl)c(Cc2ccc(Cl)nc2)cnn1-c1ccc(Cl)c(Cl)c1. The summed E-state index contributed by atoms with van der Waals surface area (Å²) in [6.45, 7) is 0. The first-order valence-corrected chi connectivity index (χ1v) is 8.29. The molecule has 0 atom stereocenters. The maximum atomic E-state index is 12.5. The zero-order chi connectivity index (χ0) is 17.3. The van der Waals surface area contributed by atoms with Crippen LogP contribution in [0.25, 0.3) is 5.69 Å². The maximum Gasteiger partial charge on any atom is 0.290 e. The van der Waals surface area contributed by atoms with Crippen molar-refractivity contribution in [3.63, 3.8) is 0 Å². The minimum atomic E-state index is -0.436. The van der Waals surface area contributed by atoms with Crippen molar-refractivity contribution >= 4 is 46.4 Å². The van der Waals surface area contributed by atoms with Gasteiger partial charge in [-0.05, 0) is 29.8 Å². The molecule has 0 amide bonds. The van der Waals surface area contributed by atoms with Crippen LogP contribution in [0.15, 0.2) is 47.5 Å². The number of benzene rings is 1. The number of rotatable bonds is 3. The van der Waals surface area contributed by atoms with Gasteiger partial charge in [-0.2, -0.15) is 9.78 Å². The largest absolute Gasteiger partial charge is 0.290 e. The average molecular weight is 401 g/mol. The van der Waals surface area contributed by atoms with E-state index in [1.165, 1.54) is 4.68 Å². The van der Waals surface area contributed by atoms with Crippen LogP contribution in [-0.2, 0) is 6.42 Å². The van der Waals surface area contributed by atoms with Gasteiger partial charge in [-0.25, -0.2) is 4.98 Å². The lowest BCUT2D eigenvalue weighted by Crippen LogP contribution is -2.22. The van der Waals surface area contributed by atoms with Gasteiger partial charge in [-0.3, -0.25) is 4.79 Å². The molecule has 0 saturated carbocycles. The van der Waals surface area contributed by atoms with Crippen molar-refractivity contribution in [2.75, 3.05) is 0 Å². The van der Waals surface area contributed by atoms with Crippen molar-refractivity contribution < 1.29 is 0 Å². The fraction of sp³-hybridized carbons (Fsp3) is 0.0625. The molecule has 0 spiro atoms. The first-order chi connectivity index (χ1) is 11.5. The Labute approximate surface area is 157 Å². The third kappa shape index (κ3) is 3.57. The summed E-state index contributed by atoms with van der Waals surface area (Å²) in [5.74, 6) is 0. The molecule has 122 valence electrons. The molecule has 0 aliphatic rings. The van der Waals surface area contributed by atoms with Crippen LogP contribution in [0.4, 0.5) is 0 Å². The third-order valence-electron chi connectivity index (χ3n) is 3.32. The Bertz CT molecular complexity index is 955. The second-order valence-electron chi connectivity index (χ2n) is 4.97. The fourth-order valence-electron chi connectivity index (χ4n) is 2.12. The average Bonchev–Trinajstić information content (AvgIpc) is 2.57. The summed E-state index contributed by atoms with van der Waals surface area (Å²) in [6.07, 6.45) is 3.59. The molecule has 3 rings (SSSR count). The summed E-state index contributed by atoms with van der Waals surface area (Å²) in [6, 6.07) is 8.28. The van der Waals surface area contributed by atoms with Crippen molar-refractivity contribution in [1.82, 2.24) is 14.8 Å². The molecule has 4 nitrogen and oxygen atoms in total. The van der Waals surface area contributed by atoms with Crippen molar-refractivity contribution in [2.45, 2.75) is 6.42 Å². The van der Waals surface area contributed by atoms with E-state index < -0.39 is 5.56 Å². The van der Waals surface area contributed by atoms with Gasteiger partial charge in [0.2, 0.25) is 0 Å². The van der Waals surface area contributed by atoms with E-state index in [0.717, 1.165) is 5.56 Å². The lowest BCUT2D eigenvalue weighted by molar-refractivity contribution is 0.796. The number of hydrogen-bond donors (Lipinski definition) is 0. The first kappa shape index (κ1) is 17.2. The van der Waals surface area contributed by atoms with Crippen LogP contribution in [0.3, 0.4) is 0 Å². The van der Waals surface area contributed by atoms with Crippen molar-refractivity contribution in [1.29, 1.82) is 0 Å². The van der Waals surface area contributed by atoms with Crippen molar-refractivity contribution in [3.05, 3.63) is 84.4 Å². The molecular weight excluding hydrogens is 392 g/mol. The Morgan fingerprint density at radius 2 is 1.75 bits per heavy atom. The smallest absolute Gasteiger partial charge is 0.266 e. The zero-order valence-corrected chi connectivity index (χ0v) is 15.0. The lowest BCUT2D eigenvalue weighted by atomic mass is 10.1. The minimum absolute atomic E-state index is 0.0889. The molecule has 0 aliphatic heterocycles. The topological polar surface area (TPSA) is 47.8 Å². The molecule has 0 bridgehead atoms. The van der Waals surface area contributed by atoms with Gasteiger partial charge in [-0.1, -0.05) is 52.5 Å². The summed E-state index contributed by atoms with van der Waals surface area (Å²) >= 11 is 23.8. The molecule has 8 heteroatoms. The summed E-state index contributed by atoms with van der Waals surface area (Å²) in [5.41, 5.74) is 1.52. The molecule has 24 heavy (non-hydrogen) atoms. The van der Waals surface area contributed by atoms with Gasteiger partial charge in [0.1, 0.15) is 10.2 Å². The van der Waals surface area contributed by atoms with E-state index in [4.69, 9.17) is 46.4 Å². The van der Waals surface area contributed by atoms with E-state index in [1.807, 2.05) is 6.07 Å². The molecule has 1 aromatic carbocycles. The molecule has 0 aliphatic carbocycles. The van der Waals surface area contributed by atoms with E-state index in [1.54, 1.807) is 36.7 Å². The van der Waals surface area contributed by atoms with Gasteiger partial charge in [0.25, 0.3) is 5.56 Å². The Hall–Kier alpha value is -1.59. The number of nitrogens with zero attached hydrogens (tertiary/aromatic N) is 3.